The number of hydrogen-bond donors (Lipinski definition) is 1. The molecule has 0 saturated carbocycles. The topological polar surface area (TPSA) is 90.4 Å². The van der Waals surface area contributed by atoms with Gasteiger partial charge in [0.05, 0.1) is 48.7 Å². The summed E-state index contributed by atoms with van der Waals surface area (Å²) in [6.07, 6.45) is 0.686. The number of nitrogens with zero attached hydrogens (tertiary/aromatic N) is 3. The average molecular weight is 757 g/mol. The molecular formula is C39H39BrFN3O5Si. The second-order valence-corrected chi connectivity index (χ2v) is 19.3. The molecule has 1 N–H and O–H groups in total. The van der Waals surface area contributed by atoms with Crippen LogP contribution in [0.5, 0.6) is 0 Å². The average Bonchev–Trinajstić information content (AvgIpc) is 3.81. The number of ether oxygens (including phenoxy) is 1. The van der Waals surface area contributed by atoms with Gasteiger partial charge in [0, 0.05) is 39.1 Å². The van der Waals surface area contributed by atoms with E-state index in [9.17, 15) is 19.5 Å². The molecule has 11 heteroatoms. The lowest BCUT2D eigenvalue weighted by atomic mass is 9.82. The van der Waals surface area contributed by atoms with Gasteiger partial charge in [-0.15, -0.1) is 0 Å². The lowest BCUT2D eigenvalue weighted by Crippen LogP contribution is -2.45. The van der Waals surface area contributed by atoms with Crippen molar-refractivity contribution in [1.29, 1.82) is 0 Å². The first-order valence-electron chi connectivity index (χ1n) is 17.3. The van der Waals surface area contributed by atoms with Crippen molar-refractivity contribution < 1.29 is 28.3 Å². The number of rotatable bonds is 7. The molecule has 1 spiro atoms. The Labute approximate surface area is 300 Å². The number of likely N-dealkylation sites (tertiary alicyclic amines) is 1. The minimum absolute atomic E-state index is 0.0503. The highest BCUT2D eigenvalue weighted by molar-refractivity contribution is 9.10. The summed E-state index contributed by atoms with van der Waals surface area (Å²) in [4.78, 5) is 47.4. The molecule has 2 fully saturated rings. The van der Waals surface area contributed by atoms with Gasteiger partial charge in [0.15, 0.2) is 5.60 Å². The highest BCUT2D eigenvalue weighted by Crippen LogP contribution is 2.60. The van der Waals surface area contributed by atoms with Crippen molar-refractivity contribution in [3.8, 4) is 0 Å². The number of hydrogen-bond acceptors (Lipinski definition) is 5. The van der Waals surface area contributed by atoms with Crippen LogP contribution in [0, 0.1) is 5.92 Å². The highest BCUT2D eigenvalue weighted by atomic mass is 79.9. The SMILES string of the molecule is C[C@@H]1[C@@H]([Si](C)(C)F)[C@H](CC(=O)N2CCC[C@H]2CO)O[C@@]12C(=O)N(Cc1cccc(N3C(=O)c4cccc5cccc3c45)c1)c1ccc(Br)cc12. The monoisotopic (exact) mass is 755 g/mol. The van der Waals surface area contributed by atoms with Crippen molar-refractivity contribution in [3.05, 3.63) is 100 Å². The van der Waals surface area contributed by atoms with E-state index in [0.717, 1.165) is 39.3 Å². The van der Waals surface area contributed by atoms with E-state index in [1.165, 1.54) is 0 Å². The lowest BCUT2D eigenvalue weighted by Gasteiger charge is -2.31. The zero-order valence-electron chi connectivity index (χ0n) is 28.2. The summed E-state index contributed by atoms with van der Waals surface area (Å²) in [6, 6.07) is 24.7. The van der Waals surface area contributed by atoms with E-state index in [1.807, 2.05) is 85.8 Å². The van der Waals surface area contributed by atoms with Crippen LogP contribution in [0.1, 0.15) is 47.7 Å². The molecule has 4 heterocycles. The minimum Gasteiger partial charge on any atom is -0.394 e. The maximum absolute atomic E-state index is 16.4. The van der Waals surface area contributed by atoms with E-state index in [0.29, 0.717) is 29.0 Å². The van der Waals surface area contributed by atoms with Crippen LogP contribution >= 0.6 is 15.9 Å². The maximum Gasteiger partial charge on any atom is 0.264 e. The van der Waals surface area contributed by atoms with Gasteiger partial charge >= 0.3 is 0 Å². The van der Waals surface area contributed by atoms with Crippen molar-refractivity contribution >= 4 is 69.9 Å². The predicted octanol–water partition coefficient (Wildman–Crippen LogP) is 7.59. The number of amides is 3. The second kappa shape index (κ2) is 12.1. The molecule has 4 aliphatic rings. The van der Waals surface area contributed by atoms with Crippen molar-refractivity contribution in [3.63, 3.8) is 0 Å². The number of carbonyl (C=O) groups excluding carboxylic acids is 3. The van der Waals surface area contributed by atoms with Crippen LogP contribution in [-0.2, 0) is 26.5 Å². The molecule has 0 bridgehead atoms. The van der Waals surface area contributed by atoms with Crippen LogP contribution in [0.4, 0.5) is 21.2 Å². The van der Waals surface area contributed by atoms with Crippen molar-refractivity contribution in [2.45, 2.75) is 69.1 Å². The van der Waals surface area contributed by atoms with Gasteiger partial charge in [-0.2, -0.15) is 0 Å². The van der Waals surface area contributed by atoms with Gasteiger partial charge in [-0.25, -0.2) is 0 Å². The Kier molecular flexibility index (Phi) is 8.05. The summed E-state index contributed by atoms with van der Waals surface area (Å²) >= 11 is 3.60. The third-order valence-electron chi connectivity index (χ3n) is 11.3. The number of halogens is 2. The molecule has 2 saturated heterocycles. The number of fused-ring (bicyclic) bond motifs is 2. The molecule has 50 heavy (non-hydrogen) atoms. The van der Waals surface area contributed by atoms with Gasteiger partial charge in [0.25, 0.3) is 11.8 Å². The third-order valence-corrected chi connectivity index (χ3v) is 14.2. The normalized spacial score (nSPS) is 25.8. The second-order valence-electron chi connectivity index (χ2n) is 14.6. The summed E-state index contributed by atoms with van der Waals surface area (Å²) in [7, 11) is -3.48. The maximum atomic E-state index is 16.4. The number of carbonyl (C=O) groups is 3. The molecule has 8 rings (SSSR count). The molecule has 0 aliphatic carbocycles. The summed E-state index contributed by atoms with van der Waals surface area (Å²) < 4.78 is 24.0. The van der Waals surface area contributed by atoms with Gasteiger partial charge in [0.1, 0.15) is 0 Å². The Morgan fingerprint density at radius 3 is 2.56 bits per heavy atom. The van der Waals surface area contributed by atoms with Crippen LogP contribution in [0.25, 0.3) is 10.8 Å². The van der Waals surface area contributed by atoms with E-state index in [4.69, 9.17) is 4.74 Å². The molecule has 0 aromatic heterocycles. The molecule has 0 radical (unpaired) electrons. The molecule has 3 amide bonds. The first kappa shape index (κ1) is 33.3. The quantitative estimate of drug-likeness (QED) is 0.155. The van der Waals surface area contributed by atoms with Crippen LogP contribution in [-0.4, -0.2) is 61.4 Å². The van der Waals surface area contributed by atoms with Gasteiger partial charge in [-0.05, 0) is 79.3 Å². The van der Waals surface area contributed by atoms with Crippen LogP contribution < -0.4 is 9.80 Å². The molecule has 4 aromatic rings. The van der Waals surface area contributed by atoms with Crippen molar-refractivity contribution in [2.75, 3.05) is 23.0 Å². The fourth-order valence-electron chi connectivity index (χ4n) is 9.17. The highest BCUT2D eigenvalue weighted by Gasteiger charge is 2.67. The molecule has 4 aliphatic heterocycles. The summed E-state index contributed by atoms with van der Waals surface area (Å²) in [5.74, 6) is -1.11. The van der Waals surface area contributed by atoms with Gasteiger partial charge in [-0.3, -0.25) is 19.3 Å². The molecule has 8 nitrogen and oxygen atoms in total. The first-order chi connectivity index (χ1) is 23.9. The third kappa shape index (κ3) is 4.99. The fourth-order valence-corrected chi connectivity index (χ4v) is 12.0. The lowest BCUT2D eigenvalue weighted by molar-refractivity contribution is -0.150. The summed E-state index contributed by atoms with van der Waals surface area (Å²) in [5, 5.41) is 11.8. The molecule has 258 valence electrons. The number of anilines is 3. The smallest absolute Gasteiger partial charge is 0.264 e. The van der Waals surface area contributed by atoms with E-state index in [2.05, 4.69) is 15.9 Å². The van der Waals surface area contributed by atoms with E-state index in [-0.39, 0.29) is 43.3 Å². The van der Waals surface area contributed by atoms with Crippen molar-refractivity contribution in [1.82, 2.24) is 4.90 Å². The van der Waals surface area contributed by atoms with Gasteiger partial charge < -0.3 is 23.8 Å². The number of aliphatic hydroxyl groups is 1. The summed E-state index contributed by atoms with van der Waals surface area (Å²) in [6.45, 7) is 5.78. The zero-order valence-corrected chi connectivity index (χ0v) is 30.8. The Morgan fingerprint density at radius 1 is 1.04 bits per heavy atom. The Balaban J connectivity index is 1.14. The molecule has 4 aromatic carbocycles. The van der Waals surface area contributed by atoms with Crippen molar-refractivity contribution in [2.24, 2.45) is 5.92 Å². The van der Waals surface area contributed by atoms with Gasteiger partial charge in [0.2, 0.25) is 14.3 Å². The minimum atomic E-state index is -3.48. The zero-order chi connectivity index (χ0) is 35.1. The molecular weight excluding hydrogens is 717 g/mol. The number of aliphatic hydroxyl groups excluding tert-OH is 1. The van der Waals surface area contributed by atoms with Gasteiger partial charge in [-0.1, -0.05) is 59.3 Å². The molecule has 5 atom stereocenters. The van der Waals surface area contributed by atoms with Crippen LogP contribution in [0.15, 0.2) is 83.3 Å². The Bertz CT molecular complexity index is 2070. The fraction of sp³-hybridized carbons (Fsp3) is 0.359. The largest absolute Gasteiger partial charge is 0.394 e. The summed E-state index contributed by atoms with van der Waals surface area (Å²) in [5.41, 5.74) is 2.23. The van der Waals surface area contributed by atoms with Crippen LogP contribution in [0.3, 0.4) is 0 Å². The number of benzene rings is 4. The Morgan fingerprint density at radius 2 is 1.80 bits per heavy atom. The van der Waals surface area contributed by atoms with Crippen LogP contribution in [0.2, 0.25) is 18.6 Å². The van der Waals surface area contributed by atoms with E-state index < -0.39 is 31.6 Å². The Hall–Kier alpha value is -3.90. The predicted molar refractivity (Wildman–Crippen MR) is 197 cm³/mol. The van der Waals surface area contributed by atoms with E-state index >= 15 is 4.11 Å². The van der Waals surface area contributed by atoms with E-state index in [1.54, 1.807) is 27.8 Å². The standard InChI is InChI=1S/C39H39BrFN3O5Si/c1-23-36(50(2,3)41)33(20-34(46)42-17-7-12-28(42)22-45)49-39(23)30-19-26(40)15-16-31(30)43(38(39)48)21-24-8-4-11-27(18-24)44-32-14-6-10-25-9-5-13-29(35(25)32)37(44)47/h4-6,8-11,13-16,18-19,23,28,33,36,45H,7,12,17,20-22H2,1-3H3/t23-,28+,33+,36-,39+/m1/s1. The first-order valence-corrected chi connectivity index (χ1v) is 21.0. The molecule has 0 unspecified atom stereocenters.